The second kappa shape index (κ2) is 2.59. The Morgan fingerprint density at radius 1 is 1.50 bits per heavy atom. The summed E-state index contributed by atoms with van der Waals surface area (Å²) in [5.74, 6) is 1.96. The van der Waals surface area contributed by atoms with Crippen LogP contribution in [0.3, 0.4) is 0 Å². The van der Waals surface area contributed by atoms with Gasteiger partial charge < -0.3 is 5.11 Å². The van der Waals surface area contributed by atoms with Crippen LogP contribution in [0.15, 0.2) is 12.2 Å². The number of hydrogen-bond acceptors (Lipinski definition) is 1. The zero-order valence-corrected chi connectivity index (χ0v) is 7.96. The first kappa shape index (κ1) is 8.31. The van der Waals surface area contributed by atoms with Crippen LogP contribution in [0.5, 0.6) is 0 Å². The minimum atomic E-state index is -0.410. The molecule has 68 valence electrons. The lowest BCUT2D eigenvalue weighted by atomic mass is 9.68. The molecule has 0 heterocycles. The summed E-state index contributed by atoms with van der Waals surface area (Å²) in [6, 6.07) is 0. The molecule has 0 bridgehead atoms. The number of hydrogen-bond donors (Lipinski definition) is 1. The van der Waals surface area contributed by atoms with Crippen LogP contribution in [0.25, 0.3) is 0 Å². The number of aliphatic hydroxyl groups is 1. The zero-order valence-electron chi connectivity index (χ0n) is 7.96. The molecular weight excluding hydrogens is 148 g/mol. The highest BCUT2D eigenvalue weighted by Gasteiger charge is 2.41. The van der Waals surface area contributed by atoms with Crippen molar-refractivity contribution in [2.45, 2.75) is 38.7 Å². The lowest BCUT2D eigenvalue weighted by Gasteiger charge is -2.41. The van der Waals surface area contributed by atoms with E-state index < -0.39 is 5.60 Å². The minimum Gasteiger partial charge on any atom is -0.390 e. The van der Waals surface area contributed by atoms with Gasteiger partial charge in [-0.25, -0.2) is 0 Å². The predicted octanol–water partition coefficient (Wildman–Crippen LogP) is 2.36. The molecule has 2 aliphatic rings. The Morgan fingerprint density at radius 3 is 3.00 bits per heavy atom. The molecule has 1 saturated carbocycles. The molecule has 12 heavy (non-hydrogen) atoms. The molecule has 0 aromatic carbocycles. The molecule has 0 aromatic rings. The Morgan fingerprint density at radius 2 is 2.25 bits per heavy atom. The Hall–Kier alpha value is -0.300. The maximum absolute atomic E-state index is 10.1. The standard InChI is InChI=1S/C11H18O/c1-8-6-9-4-3-5-10(9)7-11(8,2)12/h3-4,8-10,12H,5-7H2,1-2H3/t8-,9-,10+,11-/m1/s1. The van der Waals surface area contributed by atoms with Gasteiger partial charge in [0, 0.05) is 0 Å². The molecule has 1 N–H and O–H groups in total. The van der Waals surface area contributed by atoms with Crippen molar-refractivity contribution < 1.29 is 5.11 Å². The van der Waals surface area contributed by atoms with Crippen molar-refractivity contribution in [3.63, 3.8) is 0 Å². The lowest BCUT2D eigenvalue weighted by molar-refractivity contribution is -0.0529. The first-order valence-corrected chi connectivity index (χ1v) is 4.98. The summed E-state index contributed by atoms with van der Waals surface area (Å²) in [5, 5.41) is 10.1. The summed E-state index contributed by atoms with van der Waals surface area (Å²) in [6.07, 6.45) is 7.98. The van der Waals surface area contributed by atoms with E-state index >= 15 is 0 Å². The van der Waals surface area contributed by atoms with E-state index in [2.05, 4.69) is 19.1 Å². The quantitative estimate of drug-likeness (QED) is 0.548. The lowest BCUT2D eigenvalue weighted by Crippen LogP contribution is -2.41. The van der Waals surface area contributed by atoms with Gasteiger partial charge in [0.05, 0.1) is 5.60 Å². The van der Waals surface area contributed by atoms with Crippen molar-refractivity contribution in [1.82, 2.24) is 0 Å². The molecule has 0 aliphatic heterocycles. The fourth-order valence-electron chi connectivity index (χ4n) is 2.66. The average Bonchev–Trinajstić information content (AvgIpc) is 2.35. The van der Waals surface area contributed by atoms with Gasteiger partial charge in [0.15, 0.2) is 0 Å². The van der Waals surface area contributed by atoms with Crippen LogP contribution in [-0.4, -0.2) is 10.7 Å². The summed E-state index contributed by atoms with van der Waals surface area (Å²) < 4.78 is 0. The summed E-state index contributed by atoms with van der Waals surface area (Å²) in [4.78, 5) is 0. The monoisotopic (exact) mass is 166 g/mol. The first-order valence-electron chi connectivity index (χ1n) is 4.98. The van der Waals surface area contributed by atoms with E-state index in [0.717, 1.165) is 18.3 Å². The minimum absolute atomic E-state index is 0.410. The van der Waals surface area contributed by atoms with Crippen LogP contribution < -0.4 is 0 Å². The average molecular weight is 166 g/mol. The van der Waals surface area contributed by atoms with Gasteiger partial charge in [0.1, 0.15) is 0 Å². The van der Waals surface area contributed by atoms with Gasteiger partial charge >= 0.3 is 0 Å². The SMILES string of the molecule is C[C@@H]1C[C@H]2C=CC[C@H]2C[C@@]1(C)O. The fraction of sp³-hybridized carbons (Fsp3) is 0.818. The van der Waals surface area contributed by atoms with Gasteiger partial charge in [-0.2, -0.15) is 0 Å². The molecule has 0 unspecified atom stereocenters. The maximum Gasteiger partial charge on any atom is 0.0648 e. The van der Waals surface area contributed by atoms with Gasteiger partial charge in [0.25, 0.3) is 0 Å². The van der Waals surface area contributed by atoms with Gasteiger partial charge in [-0.15, -0.1) is 0 Å². The summed E-state index contributed by atoms with van der Waals surface area (Å²) >= 11 is 0. The van der Waals surface area contributed by atoms with E-state index in [0.29, 0.717) is 5.92 Å². The van der Waals surface area contributed by atoms with Gasteiger partial charge in [-0.05, 0) is 43.9 Å². The molecule has 1 nitrogen and oxygen atoms in total. The van der Waals surface area contributed by atoms with Crippen molar-refractivity contribution in [2.24, 2.45) is 17.8 Å². The summed E-state index contributed by atoms with van der Waals surface area (Å²) in [7, 11) is 0. The van der Waals surface area contributed by atoms with E-state index in [-0.39, 0.29) is 0 Å². The van der Waals surface area contributed by atoms with Crippen LogP contribution in [0.2, 0.25) is 0 Å². The number of fused-ring (bicyclic) bond motifs is 1. The van der Waals surface area contributed by atoms with E-state index in [1.54, 1.807) is 0 Å². The van der Waals surface area contributed by atoms with Crippen LogP contribution in [-0.2, 0) is 0 Å². The molecule has 0 spiro atoms. The normalized spacial score (nSPS) is 52.4. The Kier molecular flexibility index (Phi) is 1.80. The van der Waals surface area contributed by atoms with Crippen LogP contribution in [0.4, 0.5) is 0 Å². The molecule has 4 atom stereocenters. The van der Waals surface area contributed by atoms with Crippen molar-refractivity contribution in [3.05, 3.63) is 12.2 Å². The number of allylic oxidation sites excluding steroid dienone is 2. The Bertz CT molecular complexity index is 205. The molecule has 0 amide bonds. The third-order valence-electron chi connectivity index (χ3n) is 3.79. The van der Waals surface area contributed by atoms with Crippen molar-refractivity contribution in [3.8, 4) is 0 Å². The molecule has 1 fully saturated rings. The molecule has 1 heteroatoms. The van der Waals surface area contributed by atoms with Crippen molar-refractivity contribution >= 4 is 0 Å². The predicted molar refractivity (Wildman–Crippen MR) is 49.8 cm³/mol. The largest absolute Gasteiger partial charge is 0.390 e. The molecule has 0 radical (unpaired) electrons. The number of rotatable bonds is 0. The van der Waals surface area contributed by atoms with Crippen molar-refractivity contribution in [1.29, 1.82) is 0 Å². The summed E-state index contributed by atoms with van der Waals surface area (Å²) in [5.41, 5.74) is -0.410. The zero-order chi connectivity index (χ0) is 8.77. The molecule has 0 aromatic heterocycles. The molecule has 0 saturated heterocycles. The van der Waals surface area contributed by atoms with Gasteiger partial charge in [-0.1, -0.05) is 19.1 Å². The van der Waals surface area contributed by atoms with E-state index in [1.165, 1.54) is 12.8 Å². The third kappa shape index (κ3) is 1.20. The molecule has 2 rings (SSSR count). The van der Waals surface area contributed by atoms with E-state index in [1.807, 2.05) is 6.92 Å². The third-order valence-corrected chi connectivity index (χ3v) is 3.79. The van der Waals surface area contributed by atoms with Gasteiger partial charge in [0.2, 0.25) is 0 Å². The van der Waals surface area contributed by atoms with Gasteiger partial charge in [-0.3, -0.25) is 0 Å². The van der Waals surface area contributed by atoms with E-state index in [9.17, 15) is 5.11 Å². The molecule has 2 aliphatic carbocycles. The second-order valence-corrected chi connectivity index (χ2v) is 4.79. The highest BCUT2D eigenvalue weighted by atomic mass is 16.3. The first-order chi connectivity index (χ1) is 5.59. The van der Waals surface area contributed by atoms with Crippen LogP contribution in [0, 0.1) is 17.8 Å². The fourth-order valence-corrected chi connectivity index (χ4v) is 2.66. The van der Waals surface area contributed by atoms with Crippen LogP contribution in [0.1, 0.15) is 33.1 Å². The topological polar surface area (TPSA) is 20.2 Å². The second-order valence-electron chi connectivity index (χ2n) is 4.79. The highest BCUT2D eigenvalue weighted by molar-refractivity contribution is 5.07. The smallest absolute Gasteiger partial charge is 0.0648 e. The highest BCUT2D eigenvalue weighted by Crippen LogP contribution is 2.45. The summed E-state index contributed by atoms with van der Waals surface area (Å²) in [6.45, 7) is 4.16. The maximum atomic E-state index is 10.1. The van der Waals surface area contributed by atoms with Crippen molar-refractivity contribution in [2.75, 3.05) is 0 Å². The van der Waals surface area contributed by atoms with Crippen LogP contribution >= 0.6 is 0 Å². The Labute approximate surface area is 74.5 Å². The Balaban J connectivity index is 2.12. The molecular formula is C11H18O. The van der Waals surface area contributed by atoms with E-state index in [4.69, 9.17) is 0 Å².